The Labute approximate surface area is 153 Å². The van der Waals surface area contributed by atoms with Gasteiger partial charge in [0.15, 0.2) is 0 Å². The molecule has 2 aromatic rings. The molecule has 0 spiro atoms. The van der Waals surface area contributed by atoms with Crippen molar-refractivity contribution in [3.05, 3.63) is 59.9 Å². The third kappa shape index (κ3) is 5.37. The standard InChI is InChI=1S/C19H23FN2O3S/c1-3-14(2)17-6-4-5-7-18(17)22-19(23)12-13-21-26(24,25)16-10-8-15(20)9-11-16/h4-11,14,21H,3,12-13H2,1-2H3,(H,22,23). The number of para-hydroxylation sites is 1. The predicted molar refractivity (Wildman–Crippen MR) is 100.0 cm³/mol. The fourth-order valence-electron chi connectivity index (χ4n) is 2.47. The van der Waals surface area contributed by atoms with E-state index in [1.807, 2.05) is 24.3 Å². The lowest BCUT2D eigenvalue weighted by atomic mass is 9.97. The largest absolute Gasteiger partial charge is 0.326 e. The number of anilines is 1. The third-order valence-corrected chi connectivity index (χ3v) is 5.62. The molecular formula is C19H23FN2O3S. The Morgan fingerprint density at radius 1 is 1.12 bits per heavy atom. The Balaban J connectivity index is 1.93. The van der Waals surface area contributed by atoms with Crippen LogP contribution in [0.3, 0.4) is 0 Å². The number of rotatable bonds is 8. The van der Waals surface area contributed by atoms with Gasteiger partial charge in [0, 0.05) is 18.7 Å². The summed E-state index contributed by atoms with van der Waals surface area (Å²) >= 11 is 0. The van der Waals surface area contributed by atoms with Crippen molar-refractivity contribution < 1.29 is 17.6 Å². The molecule has 1 amide bonds. The van der Waals surface area contributed by atoms with Crippen molar-refractivity contribution in [3.8, 4) is 0 Å². The van der Waals surface area contributed by atoms with Crippen LogP contribution in [0.1, 0.15) is 38.2 Å². The van der Waals surface area contributed by atoms with E-state index in [-0.39, 0.29) is 23.8 Å². The SMILES string of the molecule is CCC(C)c1ccccc1NC(=O)CCNS(=O)(=O)c1ccc(F)cc1. The molecule has 2 aromatic carbocycles. The lowest BCUT2D eigenvalue weighted by molar-refractivity contribution is -0.116. The van der Waals surface area contributed by atoms with E-state index in [9.17, 15) is 17.6 Å². The Morgan fingerprint density at radius 3 is 2.42 bits per heavy atom. The minimum absolute atomic E-state index is 0.00470. The van der Waals surface area contributed by atoms with Gasteiger partial charge in [-0.2, -0.15) is 0 Å². The van der Waals surface area contributed by atoms with Crippen LogP contribution in [0.25, 0.3) is 0 Å². The van der Waals surface area contributed by atoms with Crippen LogP contribution in [0.15, 0.2) is 53.4 Å². The lowest BCUT2D eigenvalue weighted by Gasteiger charge is -2.15. The van der Waals surface area contributed by atoms with E-state index in [0.717, 1.165) is 29.8 Å². The minimum atomic E-state index is -3.77. The summed E-state index contributed by atoms with van der Waals surface area (Å²) in [5.41, 5.74) is 1.79. The lowest BCUT2D eigenvalue weighted by Crippen LogP contribution is -2.28. The van der Waals surface area contributed by atoms with Gasteiger partial charge >= 0.3 is 0 Å². The van der Waals surface area contributed by atoms with Gasteiger partial charge in [0.1, 0.15) is 5.82 Å². The van der Waals surface area contributed by atoms with E-state index in [2.05, 4.69) is 23.9 Å². The molecule has 0 radical (unpaired) electrons. The fraction of sp³-hybridized carbons (Fsp3) is 0.316. The van der Waals surface area contributed by atoms with Crippen LogP contribution in [-0.2, 0) is 14.8 Å². The van der Waals surface area contributed by atoms with E-state index in [1.165, 1.54) is 12.1 Å². The first-order valence-electron chi connectivity index (χ1n) is 8.47. The van der Waals surface area contributed by atoms with Crippen LogP contribution >= 0.6 is 0 Å². The molecule has 2 rings (SSSR count). The molecule has 0 aromatic heterocycles. The summed E-state index contributed by atoms with van der Waals surface area (Å²) in [4.78, 5) is 12.1. The molecule has 1 unspecified atom stereocenters. The number of sulfonamides is 1. The van der Waals surface area contributed by atoms with E-state index in [0.29, 0.717) is 5.92 Å². The molecule has 0 heterocycles. The zero-order valence-electron chi connectivity index (χ0n) is 14.8. The summed E-state index contributed by atoms with van der Waals surface area (Å²) in [6.45, 7) is 4.12. The van der Waals surface area contributed by atoms with Crippen molar-refractivity contribution in [1.29, 1.82) is 0 Å². The highest BCUT2D eigenvalue weighted by Gasteiger charge is 2.15. The summed E-state index contributed by atoms with van der Waals surface area (Å²) in [6, 6.07) is 12.1. The van der Waals surface area contributed by atoms with Crippen molar-refractivity contribution in [1.82, 2.24) is 4.72 Å². The number of carbonyl (C=O) groups excluding carboxylic acids is 1. The summed E-state index contributed by atoms with van der Waals surface area (Å²) in [7, 11) is -3.77. The Bertz CT molecular complexity index is 851. The van der Waals surface area contributed by atoms with Gasteiger partial charge in [-0.05, 0) is 48.2 Å². The van der Waals surface area contributed by atoms with Gasteiger partial charge < -0.3 is 5.32 Å². The maximum Gasteiger partial charge on any atom is 0.240 e. The van der Waals surface area contributed by atoms with E-state index in [4.69, 9.17) is 0 Å². The maximum atomic E-state index is 12.9. The first kappa shape index (κ1) is 20.1. The van der Waals surface area contributed by atoms with Crippen LogP contribution in [0.4, 0.5) is 10.1 Å². The average molecular weight is 378 g/mol. The zero-order chi connectivity index (χ0) is 19.2. The second-order valence-electron chi connectivity index (χ2n) is 6.05. The smallest absolute Gasteiger partial charge is 0.240 e. The van der Waals surface area contributed by atoms with Crippen molar-refractivity contribution in [2.45, 2.75) is 37.5 Å². The normalized spacial score (nSPS) is 12.6. The van der Waals surface area contributed by atoms with Gasteiger partial charge in [-0.15, -0.1) is 0 Å². The molecule has 0 bridgehead atoms. The number of hydrogen-bond donors (Lipinski definition) is 2. The van der Waals surface area contributed by atoms with Crippen LogP contribution in [0, 0.1) is 5.82 Å². The molecule has 0 aliphatic rings. The van der Waals surface area contributed by atoms with Crippen molar-refractivity contribution >= 4 is 21.6 Å². The highest BCUT2D eigenvalue weighted by atomic mass is 32.2. The van der Waals surface area contributed by atoms with Crippen LogP contribution in [-0.4, -0.2) is 20.9 Å². The second kappa shape index (κ2) is 8.91. The van der Waals surface area contributed by atoms with Gasteiger partial charge in [0.2, 0.25) is 15.9 Å². The van der Waals surface area contributed by atoms with Gasteiger partial charge in [0.25, 0.3) is 0 Å². The van der Waals surface area contributed by atoms with E-state index in [1.54, 1.807) is 0 Å². The molecule has 7 heteroatoms. The van der Waals surface area contributed by atoms with Crippen LogP contribution in [0.5, 0.6) is 0 Å². The third-order valence-electron chi connectivity index (χ3n) is 4.15. The van der Waals surface area contributed by atoms with E-state index >= 15 is 0 Å². The number of hydrogen-bond acceptors (Lipinski definition) is 3. The number of amides is 1. The Hall–Kier alpha value is -2.25. The number of halogens is 1. The van der Waals surface area contributed by atoms with Crippen LogP contribution < -0.4 is 10.0 Å². The quantitative estimate of drug-likeness (QED) is 0.736. The first-order valence-corrected chi connectivity index (χ1v) is 9.96. The van der Waals surface area contributed by atoms with E-state index < -0.39 is 15.8 Å². The molecule has 0 saturated carbocycles. The molecule has 1 atom stereocenters. The summed E-state index contributed by atoms with van der Waals surface area (Å²) in [6.07, 6.45) is 0.944. The first-order chi connectivity index (χ1) is 12.3. The van der Waals surface area contributed by atoms with Crippen molar-refractivity contribution in [2.75, 3.05) is 11.9 Å². The van der Waals surface area contributed by atoms with Crippen LogP contribution in [0.2, 0.25) is 0 Å². The zero-order valence-corrected chi connectivity index (χ0v) is 15.6. The molecule has 140 valence electrons. The molecular weight excluding hydrogens is 355 g/mol. The maximum absolute atomic E-state index is 12.9. The summed E-state index contributed by atoms with van der Waals surface area (Å²) in [5, 5.41) is 2.84. The molecule has 0 aliphatic heterocycles. The van der Waals surface area contributed by atoms with Gasteiger partial charge in [0.05, 0.1) is 4.90 Å². The fourth-order valence-corrected chi connectivity index (χ4v) is 3.50. The minimum Gasteiger partial charge on any atom is -0.326 e. The summed E-state index contributed by atoms with van der Waals surface area (Å²) in [5.74, 6) is -0.477. The summed E-state index contributed by atoms with van der Waals surface area (Å²) < 4.78 is 39.4. The van der Waals surface area contributed by atoms with Gasteiger partial charge in [-0.3, -0.25) is 4.79 Å². The van der Waals surface area contributed by atoms with Crippen molar-refractivity contribution in [2.24, 2.45) is 0 Å². The monoisotopic (exact) mass is 378 g/mol. The Morgan fingerprint density at radius 2 is 1.77 bits per heavy atom. The molecule has 2 N–H and O–H groups in total. The highest BCUT2D eigenvalue weighted by molar-refractivity contribution is 7.89. The van der Waals surface area contributed by atoms with Gasteiger partial charge in [-0.25, -0.2) is 17.5 Å². The number of carbonyl (C=O) groups is 1. The second-order valence-corrected chi connectivity index (χ2v) is 7.81. The molecule has 5 nitrogen and oxygen atoms in total. The Kier molecular flexibility index (Phi) is 6.88. The average Bonchev–Trinajstić information content (AvgIpc) is 2.61. The molecule has 0 aliphatic carbocycles. The topological polar surface area (TPSA) is 75.3 Å². The predicted octanol–water partition coefficient (Wildman–Crippen LogP) is 3.65. The molecule has 26 heavy (non-hydrogen) atoms. The number of nitrogens with one attached hydrogen (secondary N) is 2. The van der Waals surface area contributed by atoms with Crippen molar-refractivity contribution in [3.63, 3.8) is 0 Å². The number of benzene rings is 2. The molecule has 0 saturated heterocycles. The van der Waals surface area contributed by atoms with Gasteiger partial charge in [-0.1, -0.05) is 32.0 Å². The highest BCUT2D eigenvalue weighted by Crippen LogP contribution is 2.26. The molecule has 0 fully saturated rings.